The molecule has 0 heterocycles. The van der Waals surface area contributed by atoms with Crippen molar-refractivity contribution in [3.05, 3.63) is 54.1 Å². The number of rotatable bonds is 11. The number of carbonyl (C=O) groups is 3. The molecular weight excluding hydrogens is 386 g/mol. The monoisotopic (exact) mass is 413 g/mol. The molecule has 0 saturated carbocycles. The molecule has 0 radical (unpaired) electrons. The van der Waals surface area contributed by atoms with Crippen LogP contribution in [-0.4, -0.2) is 44.6 Å². The molecule has 0 fully saturated rings. The summed E-state index contributed by atoms with van der Waals surface area (Å²) < 4.78 is 10.3. The van der Waals surface area contributed by atoms with Crippen molar-refractivity contribution in [2.24, 2.45) is 0 Å². The van der Waals surface area contributed by atoms with Crippen LogP contribution < -0.4 is 20.7 Å². The zero-order valence-electron chi connectivity index (χ0n) is 17.2. The summed E-state index contributed by atoms with van der Waals surface area (Å²) in [7, 11) is 1.43. The molecule has 0 unspecified atom stereocenters. The van der Waals surface area contributed by atoms with E-state index in [1.807, 2.05) is 0 Å². The molecule has 160 valence electrons. The van der Waals surface area contributed by atoms with Crippen LogP contribution in [0.15, 0.2) is 48.5 Å². The molecule has 2 aromatic rings. The Morgan fingerprint density at radius 1 is 0.933 bits per heavy atom. The molecule has 2 aromatic carbocycles. The van der Waals surface area contributed by atoms with Crippen LogP contribution in [0.4, 0.5) is 11.4 Å². The molecule has 2 rings (SSSR count). The maximum Gasteiger partial charge on any atom is 0.251 e. The van der Waals surface area contributed by atoms with Crippen molar-refractivity contribution in [1.29, 1.82) is 0 Å². The second-order valence-corrected chi connectivity index (χ2v) is 6.52. The maximum absolute atomic E-state index is 12.2. The molecule has 0 aliphatic rings. The van der Waals surface area contributed by atoms with Crippen molar-refractivity contribution in [2.45, 2.75) is 19.8 Å². The van der Waals surface area contributed by atoms with Crippen LogP contribution in [0.1, 0.15) is 30.1 Å². The van der Waals surface area contributed by atoms with Crippen molar-refractivity contribution < 1.29 is 23.9 Å². The van der Waals surface area contributed by atoms with Gasteiger partial charge in [-0.05, 0) is 48.9 Å². The van der Waals surface area contributed by atoms with Crippen LogP contribution >= 0.6 is 0 Å². The number of methoxy groups -OCH3 is 1. The van der Waals surface area contributed by atoms with Gasteiger partial charge in [0.05, 0.1) is 13.2 Å². The van der Waals surface area contributed by atoms with Crippen LogP contribution in [0.5, 0.6) is 5.75 Å². The van der Waals surface area contributed by atoms with E-state index >= 15 is 0 Å². The fourth-order valence-corrected chi connectivity index (χ4v) is 2.51. The van der Waals surface area contributed by atoms with Crippen LogP contribution in [0.3, 0.4) is 0 Å². The van der Waals surface area contributed by atoms with E-state index < -0.39 is 0 Å². The van der Waals surface area contributed by atoms with Gasteiger partial charge in [0.25, 0.3) is 5.91 Å². The number of nitrogens with one attached hydrogen (secondary N) is 3. The van der Waals surface area contributed by atoms with Crippen LogP contribution in [0.2, 0.25) is 0 Å². The summed E-state index contributed by atoms with van der Waals surface area (Å²) in [5.41, 5.74) is 1.46. The highest BCUT2D eigenvalue weighted by Crippen LogP contribution is 2.15. The first-order chi connectivity index (χ1) is 14.5. The van der Waals surface area contributed by atoms with E-state index in [-0.39, 0.29) is 30.9 Å². The largest absolute Gasteiger partial charge is 0.494 e. The summed E-state index contributed by atoms with van der Waals surface area (Å²) in [5.74, 6) is -0.334. The fraction of sp³-hybridized carbons (Fsp3) is 0.318. The summed E-state index contributed by atoms with van der Waals surface area (Å²) in [4.78, 5) is 35.9. The molecular formula is C22H27N3O5. The van der Waals surface area contributed by atoms with Crippen molar-refractivity contribution in [2.75, 3.05) is 37.5 Å². The Hall–Kier alpha value is -3.39. The first-order valence-electron chi connectivity index (χ1n) is 9.71. The molecule has 0 aromatic heterocycles. The zero-order valence-corrected chi connectivity index (χ0v) is 17.2. The average Bonchev–Trinajstić information content (AvgIpc) is 2.73. The number of amides is 3. The molecule has 0 aliphatic carbocycles. The van der Waals surface area contributed by atoms with Crippen LogP contribution in [-0.2, 0) is 14.3 Å². The SMILES string of the molecule is CCCCOc1ccc(C(=O)NCC(=O)Nc2cccc(NC(=O)COC)c2)cc1. The van der Waals surface area contributed by atoms with Gasteiger partial charge in [0.2, 0.25) is 11.8 Å². The van der Waals surface area contributed by atoms with E-state index in [9.17, 15) is 14.4 Å². The van der Waals surface area contributed by atoms with E-state index in [0.29, 0.717) is 29.3 Å². The van der Waals surface area contributed by atoms with Gasteiger partial charge >= 0.3 is 0 Å². The van der Waals surface area contributed by atoms with Gasteiger partial charge in [0.15, 0.2) is 0 Å². The van der Waals surface area contributed by atoms with E-state index in [2.05, 4.69) is 22.9 Å². The number of carbonyl (C=O) groups excluding carboxylic acids is 3. The summed E-state index contributed by atoms with van der Waals surface area (Å²) in [5, 5.41) is 7.91. The summed E-state index contributed by atoms with van der Waals surface area (Å²) in [6.07, 6.45) is 2.02. The minimum Gasteiger partial charge on any atom is -0.494 e. The topological polar surface area (TPSA) is 106 Å². The standard InChI is InChI=1S/C22H27N3O5/c1-3-4-12-30-19-10-8-16(9-11-19)22(28)23-14-20(26)24-17-6-5-7-18(13-17)25-21(27)15-29-2/h5-11,13H,3-4,12,14-15H2,1-2H3,(H,23,28)(H,24,26)(H,25,27). The van der Waals surface area contributed by atoms with E-state index in [0.717, 1.165) is 12.8 Å². The van der Waals surface area contributed by atoms with Gasteiger partial charge in [0.1, 0.15) is 12.4 Å². The molecule has 0 atom stereocenters. The summed E-state index contributed by atoms with van der Waals surface area (Å²) in [6, 6.07) is 13.5. The average molecular weight is 413 g/mol. The van der Waals surface area contributed by atoms with Gasteiger partial charge in [-0.1, -0.05) is 19.4 Å². The van der Waals surface area contributed by atoms with E-state index in [1.54, 1.807) is 48.5 Å². The number of ether oxygens (including phenoxy) is 2. The lowest BCUT2D eigenvalue weighted by molar-refractivity contribution is -0.119. The molecule has 0 spiro atoms. The predicted octanol–water partition coefficient (Wildman–Crippen LogP) is 2.82. The molecule has 8 nitrogen and oxygen atoms in total. The highest BCUT2D eigenvalue weighted by atomic mass is 16.5. The van der Waals surface area contributed by atoms with Gasteiger partial charge in [-0.25, -0.2) is 0 Å². The van der Waals surface area contributed by atoms with E-state index in [4.69, 9.17) is 9.47 Å². The smallest absolute Gasteiger partial charge is 0.251 e. The molecule has 3 N–H and O–H groups in total. The Balaban J connectivity index is 1.81. The van der Waals surface area contributed by atoms with Crippen molar-refractivity contribution in [3.63, 3.8) is 0 Å². The van der Waals surface area contributed by atoms with Crippen molar-refractivity contribution in [3.8, 4) is 5.75 Å². The number of hydrogen-bond donors (Lipinski definition) is 3. The molecule has 0 saturated heterocycles. The first-order valence-corrected chi connectivity index (χ1v) is 9.71. The number of anilines is 2. The zero-order chi connectivity index (χ0) is 21.8. The van der Waals surface area contributed by atoms with Gasteiger partial charge < -0.3 is 25.4 Å². The lowest BCUT2D eigenvalue weighted by atomic mass is 10.2. The molecule has 3 amide bonds. The second-order valence-electron chi connectivity index (χ2n) is 6.52. The van der Waals surface area contributed by atoms with Gasteiger partial charge in [-0.3, -0.25) is 14.4 Å². The quantitative estimate of drug-likeness (QED) is 0.491. The Labute approximate surface area is 175 Å². The minimum absolute atomic E-state index is 0.0610. The van der Waals surface area contributed by atoms with Gasteiger partial charge in [0, 0.05) is 24.0 Å². The normalized spacial score (nSPS) is 10.2. The third kappa shape index (κ3) is 7.92. The third-order valence-electron chi connectivity index (χ3n) is 4.00. The predicted molar refractivity (Wildman–Crippen MR) is 115 cm³/mol. The van der Waals surface area contributed by atoms with Crippen LogP contribution in [0, 0.1) is 0 Å². The first kappa shape index (κ1) is 22.9. The minimum atomic E-state index is -0.386. The molecule has 0 bridgehead atoms. The number of unbranched alkanes of at least 4 members (excludes halogenated alkanes) is 1. The van der Waals surface area contributed by atoms with E-state index in [1.165, 1.54) is 7.11 Å². The Morgan fingerprint density at radius 2 is 1.60 bits per heavy atom. The molecule has 8 heteroatoms. The lowest BCUT2D eigenvalue weighted by Gasteiger charge is -2.10. The highest BCUT2D eigenvalue weighted by Gasteiger charge is 2.09. The Morgan fingerprint density at radius 3 is 2.23 bits per heavy atom. The Kier molecular flexibility index (Phi) is 9.33. The third-order valence-corrected chi connectivity index (χ3v) is 4.00. The van der Waals surface area contributed by atoms with Gasteiger partial charge in [-0.2, -0.15) is 0 Å². The summed E-state index contributed by atoms with van der Waals surface area (Å²) in [6.45, 7) is 2.48. The maximum atomic E-state index is 12.2. The highest BCUT2D eigenvalue weighted by molar-refractivity contribution is 6.00. The number of hydrogen-bond acceptors (Lipinski definition) is 5. The molecule has 30 heavy (non-hydrogen) atoms. The van der Waals surface area contributed by atoms with Crippen molar-refractivity contribution >= 4 is 29.1 Å². The second kappa shape index (κ2) is 12.2. The Bertz CT molecular complexity index is 852. The summed E-state index contributed by atoms with van der Waals surface area (Å²) >= 11 is 0. The molecule has 0 aliphatic heterocycles. The van der Waals surface area contributed by atoms with Crippen LogP contribution in [0.25, 0.3) is 0 Å². The number of benzene rings is 2. The van der Waals surface area contributed by atoms with Crippen molar-refractivity contribution in [1.82, 2.24) is 5.32 Å². The van der Waals surface area contributed by atoms with Gasteiger partial charge in [-0.15, -0.1) is 0 Å². The fourth-order valence-electron chi connectivity index (χ4n) is 2.51. The lowest BCUT2D eigenvalue weighted by Crippen LogP contribution is -2.32.